The molecule has 0 spiro atoms. The van der Waals surface area contributed by atoms with Crippen molar-refractivity contribution in [2.75, 3.05) is 23.8 Å². The van der Waals surface area contributed by atoms with Gasteiger partial charge in [-0.25, -0.2) is 23.1 Å². The molecule has 0 bridgehead atoms. The van der Waals surface area contributed by atoms with E-state index in [2.05, 4.69) is 25.6 Å². The molecule has 3 heterocycles. The number of carboxylic acid groups (broad SMARTS) is 1. The first-order valence-electron chi connectivity index (χ1n) is 11.1. The summed E-state index contributed by atoms with van der Waals surface area (Å²) in [5.41, 5.74) is 0.355. The van der Waals surface area contributed by atoms with Crippen LogP contribution in [0.2, 0.25) is 0 Å². The lowest BCUT2D eigenvalue weighted by atomic mass is 9.86. The minimum absolute atomic E-state index is 0. The molecule has 1 aliphatic heterocycles. The van der Waals surface area contributed by atoms with Crippen LogP contribution >= 0.6 is 0 Å². The lowest BCUT2D eigenvalue weighted by Crippen LogP contribution is -2.29. The lowest BCUT2D eigenvalue weighted by Gasteiger charge is -2.26. The predicted octanol–water partition coefficient (Wildman–Crippen LogP) is 4.64. The number of aliphatic carboxylic acids is 1. The number of rotatable bonds is 6. The molecule has 3 aromatic rings. The van der Waals surface area contributed by atoms with Crippen LogP contribution in [0.1, 0.15) is 45.6 Å². The second kappa shape index (κ2) is 10.1. The molecule has 2 aromatic heterocycles. The van der Waals surface area contributed by atoms with Gasteiger partial charge in [0.25, 0.3) is 0 Å². The van der Waals surface area contributed by atoms with Crippen molar-refractivity contribution in [3.05, 3.63) is 35.8 Å². The van der Waals surface area contributed by atoms with Gasteiger partial charge in [-0.05, 0) is 32.1 Å². The van der Waals surface area contributed by atoms with E-state index in [1.54, 1.807) is 4.57 Å². The minimum atomic E-state index is -1.08. The lowest BCUT2D eigenvalue weighted by molar-refractivity contribution is -0.142. The van der Waals surface area contributed by atoms with Crippen molar-refractivity contribution in [3.8, 4) is 0 Å². The fraction of sp³-hybridized carbons (Fsp3) is 0.478. The number of carbonyl (C=O) groups is 1. The van der Waals surface area contributed by atoms with E-state index < -0.39 is 29.1 Å². The zero-order chi connectivity index (χ0) is 23.8. The molecule has 0 unspecified atom stereocenters. The van der Waals surface area contributed by atoms with Crippen molar-refractivity contribution in [2.45, 2.75) is 51.6 Å². The van der Waals surface area contributed by atoms with Crippen LogP contribution in [0, 0.1) is 23.4 Å². The predicted molar refractivity (Wildman–Crippen MR) is 123 cm³/mol. The third kappa shape index (κ3) is 5.02. The number of anilines is 3. The summed E-state index contributed by atoms with van der Waals surface area (Å²) in [7, 11) is 0. The number of imidazole rings is 1. The third-order valence-corrected chi connectivity index (χ3v) is 6.36. The van der Waals surface area contributed by atoms with Crippen LogP contribution in [-0.2, 0) is 9.53 Å². The number of nitrogens with zero attached hydrogens (tertiary/aromatic N) is 4. The van der Waals surface area contributed by atoms with E-state index in [0.29, 0.717) is 74.6 Å². The number of fused-ring (bicyclic) bond motifs is 1. The van der Waals surface area contributed by atoms with Crippen molar-refractivity contribution in [2.24, 2.45) is 5.92 Å². The molecule has 0 radical (unpaired) electrons. The van der Waals surface area contributed by atoms with E-state index in [1.165, 1.54) is 6.20 Å². The van der Waals surface area contributed by atoms with Crippen molar-refractivity contribution < 1.29 is 27.8 Å². The van der Waals surface area contributed by atoms with Gasteiger partial charge in [-0.1, -0.05) is 7.43 Å². The van der Waals surface area contributed by atoms with Crippen molar-refractivity contribution >= 4 is 34.7 Å². The maximum Gasteiger partial charge on any atom is 0.306 e. The van der Waals surface area contributed by atoms with Gasteiger partial charge in [0.1, 0.15) is 17.0 Å². The van der Waals surface area contributed by atoms with Gasteiger partial charge in [-0.2, -0.15) is 4.98 Å². The molecule has 2 aliphatic rings. The van der Waals surface area contributed by atoms with E-state index in [9.17, 15) is 23.1 Å². The first-order valence-corrected chi connectivity index (χ1v) is 11.1. The molecule has 1 saturated carbocycles. The van der Waals surface area contributed by atoms with Gasteiger partial charge in [-0.3, -0.25) is 9.36 Å². The highest BCUT2D eigenvalue weighted by molar-refractivity contribution is 5.77. The molecular weight excluding hydrogens is 465 g/mol. The maximum atomic E-state index is 14.3. The van der Waals surface area contributed by atoms with E-state index in [-0.39, 0.29) is 31.4 Å². The Morgan fingerprint density at radius 2 is 1.80 bits per heavy atom. The highest BCUT2D eigenvalue weighted by Crippen LogP contribution is 2.32. The number of aromatic nitrogens is 4. The van der Waals surface area contributed by atoms with Crippen molar-refractivity contribution in [1.29, 1.82) is 0 Å². The minimum Gasteiger partial charge on any atom is -0.481 e. The summed E-state index contributed by atoms with van der Waals surface area (Å²) in [5.74, 6) is -3.77. The number of ether oxygens (including phenoxy) is 1. The van der Waals surface area contributed by atoms with E-state index >= 15 is 0 Å². The Bertz CT molecular complexity index is 1200. The molecule has 1 aromatic carbocycles. The average Bonchev–Trinajstić information content (AvgIpc) is 3.43. The Balaban J connectivity index is 0.00000289. The van der Waals surface area contributed by atoms with Crippen LogP contribution < -0.4 is 10.6 Å². The molecule has 1 aliphatic carbocycles. The molecule has 35 heavy (non-hydrogen) atoms. The number of benzene rings is 1. The van der Waals surface area contributed by atoms with Crippen LogP contribution in [0.5, 0.6) is 0 Å². The highest BCUT2D eigenvalue weighted by atomic mass is 19.1. The van der Waals surface area contributed by atoms with Gasteiger partial charge in [0.2, 0.25) is 11.9 Å². The van der Waals surface area contributed by atoms with Gasteiger partial charge in [0.05, 0.1) is 24.8 Å². The molecule has 2 fully saturated rings. The number of hydrogen-bond acceptors (Lipinski definition) is 7. The molecule has 1 atom stereocenters. The number of halogens is 3. The zero-order valence-corrected chi connectivity index (χ0v) is 18.1. The summed E-state index contributed by atoms with van der Waals surface area (Å²) in [6, 6.07) is 1.06. The molecule has 12 heteroatoms. The fourth-order valence-electron chi connectivity index (χ4n) is 4.56. The normalized spacial score (nSPS) is 22.1. The second-order valence-corrected chi connectivity index (χ2v) is 8.63. The molecule has 5 rings (SSSR count). The molecule has 188 valence electrons. The fourth-order valence-corrected chi connectivity index (χ4v) is 4.56. The first kappa shape index (κ1) is 24.7. The summed E-state index contributed by atoms with van der Waals surface area (Å²) in [6.07, 6.45) is 4.70. The SMILES string of the molecule is C.O=C(O)C1CCC(Nc2ncc3nc(Nc4c(F)cc(F)cc4F)n([C@H]4CCOC4)c3n2)CC1. The number of carboxylic acids is 1. The number of hydrogen-bond donors (Lipinski definition) is 3. The Labute approximate surface area is 199 Å². The second-order valence-electron chi connectivity index (χ2n) is 8.63. The van der Waals surface area contributed by atoms with Gasteiger partial charge in [-0.15, -0.1) is 0 Å². The summed E-state index contributed by atoms with van der Waals surface area (Å²) in [6.45, 7) is 0.895. The monoisotopic (exact) mass is 492 g/mol. The quantitative estimate of drug-likeness (QED) is 0.456. The Morgan fingerprint density at radius 3 is 2.43 bits per heavy atom. The van der Waals surface area contributed by atoms with Gasteiger partial charge < -0.3 is 20.5 Å². The average molecular weight is 493 g/mol. The van der Waals surface area contributed by atoms with Crippen molar-refractivity contribution in [3.63, 3.8) is 0 Å². The van der Waals surface area contributed by atoms with Gasteiger partial charge in [0.15, 0.2) is 17.3 Å². The smallest absolute Gasteiger partial charge is 0.306 e. The Kier molecular flexibility index (Phi) is 7.10. The highest BCUT2D eigenvalue weighted by Gasteiger charge is 2.28. The van der Waals surface area contributed by atoms with Crippen LogP contribution in [0.3, 0.4) is 0 Å². The third-order valence-electron chi connectivity index (χ3n) is 6.36. The summed E-state index contributed by atoms with van der Waals surface area (Å²) in [5, 5.41) is 15.1. The topological polar surface area (TPSA) is 114 Å². The zero-order valence-electron chi connectivity index (χ0n) is 18.1. The first-order chi connectivity index (χ1) is 16.4. The van der Waals surface area contributed by atoms with Crippen LogP contribution in [0.15, 0.2) is 18.3 Å². The van der Waals surface area contributed by atoms with Crippen LogP contribution in [0.4, 0.5) is 30.8 Å². The summed E-state index contributed by atoms with van der Waals surface area (Å²) in [4.78, 5) is 24.5. The Hall–Kier alpha value is -3.41. The summed E-state index contributed by atoms with van der Waals surface area (Å²) >= 11 is 0. The summed E-state index contributed by atoms with van der Waals surface area (Å²) < 4.78 is 49.1. The molecule has 9 nitrogen and oxygen atoms in total. The maximum absolute atomic E-state index is 14.3. The largest absolute Gasteiger partial charge is 0.481 e. The molecule has 1 saturated heterocycles. The van der Waals surface area contributed by atoms with Crippen molar-refractivity contribution in [1.82, 2.24) is 19.5 Å². The standard InChI is InChI=1S/C22H23F3N6O3.CH4/c23-12-7-15(24)18(16(25)8-12)29-22-28-17-9-26-21(27-13-3-1-11(2-4-13)20(32)33)30-19(17)31(22)14-5-6-34-10-14;/h7-9,11,13-14H,1-6,10H2,(H,28,29)(H,32,33)(H,26,27,30);1H4/t11?,13?,14-;/m0./s1. The van der Waals surface area contributed by atoms with Crippen LogP contribution in [0.25, 0.3) is 11.2 Å². The van der Waals surface area contributed by atoms with Gasteiger partial charge >= 0.3 is 5.97 Å². The van der Waals surface area contributed by atoms with E-state index in [1.807, 2.05) is 0 Å². The van der Waals surface area contributed by atoms with E-state index in [4.69, 9.17) is 4.74 Å². The van der Waals surface area contributed by atoms with Gasteiger partial charge in [0, 0.05) is 24.8 Å². The van der Waals surface area contributed by atoms with E-state index in [0.717, 1.165) is 0 Å². The molecule has 0 amide bonds. The number of nitrogens with one attached hydrogen (secondary N) is 2. The molecular formula is C23H27F3N6O3. The molecule has 3 N–H and O–H groups in total. The van der Waals surface area contributed by atoms with Crippen LogP contribution in [-0.4, -0.2) is 49.9 Å². The Morgan fingerprint density at radius 1 is 1.09 bits per heavy atom.